The van der Waals surface area contributed by atoms with Crippen molar-refractivity contribution in [2.24, 2.45) is 0 Å². The normalized spacial score (nSPS) is 10.8. The summed E-state index contributed by atoms with van der Waals surface area (Å²) in [4.78, 5) is 3.46. The van der Waals surface area contributed by atoms with Crippen molar-refractivity contribution in [3.05, 3.63) is 22.5 Å². The fraction of sp³-hybridized carbons (Fsp3) is 0.286. The van der Waals surface area contributed by atoms with Gasteiger partial charge in [0.2, 0.25) is 0 Å². The van der Waals surface area contributed by atoms with Gasteiger partial charge in [-0.05, 0) is 0 Å². The van der Waals surface area contributed by atoms with E-state index < -0.39 is 13.0 Å². The van der Waals surface area contributed by atoms with Crippen LogP contribution in [0.25, 0.3) is 0 Å². The number of alkyl halides is 2. The Labute approximate surface area is 78.1 Å². The molecule has 0 aliphatic carbocycles. The van der Waals surface area contributed by atoms with Crippen molar-refractivity contribution in [1.82, 2.24) is 4.98 Å². The van der Waals surface area contributed by atoms with E-state index in [2.05, 4.69) is 4.98 Å². The number of nitrogens with two attached hydrogens (primary N) is 1. The molecule has 6 heteroatoms. The van der Waals surface area contributed by atoms with Gasteiger partial charge >= 0.3 is 0 Å². The molecule has 0 saturated heterocycles. The zero-order valence-electron chi connectivity index (χ0n) is 6.47. The maximum Gasteiger partial charge on any atom is 0.265 e. The van der Waals surface area contributed by atoms with E-state index >= 15 is 0 Å². The van der Waals surface area contributed by atoms with Crippen molar-refractivity contribution in [2.75, 3.05) is 5.73 Å². The minimum absolute atomic E-state index is 0.0602. The first-order chi connectivity index (χ1) is 6.07. The standard InChI is InChI=1S/C7H7ClF2N2O/c8-6-5(11)4(2-13)3(1-12-6)7(9)10/h1,7,13H,2,11H2. The first-order valence-corrected chi connectivity index (χ1v) is 3.77. The van der Waals surface area contributed by atoms with E-state index in [9.17, 15) is 8.78 Å². The summed E-state index contributed by atoms with van der Waals surface area (Å²) in [6.45, 7) is -0.576. The number of halogens is 3. The summed E-state index contributed by atoms with van der Waals surface area (Å²) >= 11 is 5.48. The van der Waals surface area contributed by atoms with Crippen LogP contribution in [0.3, 0.4) is 0 Å². The maximum absolute atomic E-state index is 12.3. The summed E-state index contributed by atoms with van der Waals surface area (Å²) < 4.78 is 24.6. The van der Waals surface area contributed by atoms with Crippen LogP contribution < -0.4 is 5.73 Å². The van der Waals surface area contributed by atoms with E-state index in [4.69, 9.17) is 22.4 Å². The van der Waals surface area contributed by atoms with Crippen molar-refractivity contribution in [3.8, 4) is 0 Å². The molecule has 0 aromatic carbocycles. The second-order valence-electron chi connectivity index (χ2n) is 2.36. The summed E-state index contributed by atoms with van der Waals surface area (Å²) in [6, 6.07) is 0. The largest absolute Gasteiger partial charge is 0.396 e. The molecule has 1 heterocycles. The average Bonchev–Trinajstić information content (AvgIpc) is 2.09. The summed E-state index contributed by atoms with van der Waals surface area (Å²) in [5, 5.41) is 8.70. The van der Waals surface area contributed by atoms with Gasteiger partial charge in [0.25, 0.3) is 6.43 Å². The Bertz CT molecular complexity index is 320. The lowest BCUT2D eigenvalue weighted by Crippen LogP contribution is -2.03. The number of aliphatic hydroxyl groups excluding tert-OH is 1. The van der Waals surface area contributed by atoms with Crippen LogP contribution in [0.4, 0.5) is 14.5 Å². The smallest absolute Gasteiger partial charge is 0.265 e. The van der Waals surface area contributed by atoms with E-state index in [1.807, 2.05) is 0 Å². The van der Waals surface area contributed by atoms with Crippen molar-refractivity contribution >= 4 is 17.3 Å². The van der Waals surface area contributed by atoms with Crippen molar-refractivity contribution in [2.45, 2.75) is 13.0 Å². The molecular formula is C7H7ClF2N2O. The molecule has 3 N–H and O–H groups in total. The minimum atomic E-state index is -2.71. The van der Waals surface area contributed by atoms with Crippen LogP contribution >= 0.6 is 11.6 Å². The number of nitrogens with zero attached hydrogens (tertiary/aromatic N) is 1. The summed E-state index contributed by atoms with van der Waals surface area (Å²) in [5.74, 6) is 0. The highest BCUT2D eigenvalue weighted by Crippen LogP contribution is 2.29. The van der Waals surface area contributed by atoms with Crippen LogP contribution in [0.15, 0.2) is 6.20 Å². The second kappa shape index (κ2) is 3.85. The molecule has 0 saturated carbocycles. The van der Waals surface area contributed by atoms with Gasteiger partial charge in [-0.3, -0.25) is 0 Å². The van der Waals surface area contributed by atoms with Gasteiger partial charge < -0.3 is 10.8 Å². The van der Waals surface area contributed by atoms with Crippen LogP contribution in [0.2, 0.25) is 5.15 Å². The van der Waals surface area contributed by atoms with Crippen LogP contribution in [0.5, 0.6) is 0 Å². The first kappa shape index (κ1) is 10.1. The Morgan fingerprint density at radius 2 is 2.23 bits per heavy atom. The molecule has 0 bridgehead atoms. The average molecular weight is 209 g/mol. The molecule has 0 aliphatic heterocycles. The summed E-state index contributed by atoms with van der Waals surface area (Å²) in [6.07, 6.45) is -1.80. The number of anilines is 1. The third-order valence-corrected chi connectivity index (χ3v) is 1.91. The first-order valence-electron chi connectivity index (χ1n) is 3.39. The summed E-state index contributed by atoms with van der Waals surface area (Å²) in [5.41, 5.74) is 4.80. The van der Waals surface area contributed by atoms with Gasteiger partial charge in [-0.1, -0.05) is 11.6 Å². The lowest BCUT2D eigenvalue weighted by Gasteiger charge is -2.09. The van der Waals surface area contributed by atoms with Crippen LogP contribution in [-0.4, -0.2) is 10.1 Å². The van der Waals surface area contributed by atoms with E-state index in [-0.39, 0.29) is 22.0 Å². The van der Waals surface area contributed by atoms with Crippen LogP contribution in [-0.2, 0) is 6.61 Å². The molecule has 0 spiro atoms. The fourth-order valence-electron chi connectivity index (χ4n) is 0.918. The fourth-order valence-corrected chi connectivity index (χ4v) is 1.08. The van der Waals surface area contributed by atoms with Crippen molar-refractivity contribution in [1.29, 1.82) is 0 Å². The highest BCUT2D eigenvalue weighted by molar-refractivity contribution is 6.32. The number of aromatic nitrogens is 1. The van der Waals surface area contributed by atoms with E-state index in [0.717, 1.165) is 6.20 Å². The SMILES string of the molecule is Nc1c(Cl)ncc(C(F)F)c1CO. The lowest BCUT2D eigenvalue weighted by atomic mass is 10.1. The number of nitrogen functional groups attached to an aromatic ring is 1. The molecule has 13 heavy (non-hydrogen) atoms. The molecular weight excluding hydrogens is 202 g/mol. The van der Waals surface area contributed by atoms with Gasteiger partial charge in [-0.25, -0.2) is 13.8 Å². The maximum atomic E-state index is 12.3. The van der Waals surface area contributed by atoms with Crippen LogP contribution in [0.1, 0.15) is 17.6 Å². The lowest BCUT2D eigenvalue weighted by molar-refractivity contribution is 0.147. The number of hydrogen-bond donors (Lipinski definition) is 2. The monoisotopic (exact) mass is 208 g/mol. The van der Waals surface area contributed by atoms with Gasteiger partial charge in [0, 0.05) is 17.3 Å². The Kier molecular flexibility index (Phi) is 3.00. The second-order valence-corrected chi connectivity index (χ2v) is 2.71. The number of pyridine rings is 1. The highest BCUT2D eigenvalue weighted by atomic mass is 35.5. The predicted octanol–water partition coefficient (Wildman–Crippen LogP) is 1.75. The number of rotatable bonds is 2. The third-order valence-electron chi connectivity index (χ3n) is 1.61. The quantitative estimate of drug-likeness (QED) is 0.728. The molecule has 0 fully saturated rings. The zero-order chi connectivity index (χ0) is 10.0. The molecule has 1 aromatic rings. The van der Waals surface area contributed by atoms with E-state index in [1.54, 1.807) is 0 Å². The molecule has 1 rings (SSSR count). The Hall–Kier alpha value is -0.940. The molecule has 72 valence electrons. The van der Waals surface area contributed by atoms with Crippen molar-refractivity contribution in [3.63, 3.8) is 0 Å². The molecule has 0 atom stereocenters. The third kappa shape index (κ3) is 1.87. The van der Waals surface area contributed by atoms with Gasteiger partial charge in [-0.15, -0.1) is 0 Å². The topological polar surface area (TPSA) is 59.1 Å². The number of aliphatic hydroxyl groups is 1. The minimum Gasteiger partial charge on any atom is -0.396 e. The summed E-state index contributed by atoms with van der Waals surface area (Å²) in [7, 11) is 0. The van der Waals surface area contributed by atoms with Gasteiger partial charge in [0.1, 0.15) is 0 Å². The molecule has 0 unspecified atom stereocenters. The Balaban J connectivity index is 3.30. The van der Waals surface area contributed by atoms with Gasteiger partial charge in [-0.2, -0.15) is 0 Å². The highest BCUT2D eigenvalue weighted by Gasteiger charge is 2.17. The van der Waals surface area contributed by atoms with Gasteiger partial charge in [0.05, 0.1) is 12.3 Å². The molecule has 0 aliphatic rings. The molecule has 0 amide bonds. The predicted molar refractivity (Wildman–Crippen MR) is 44.5 cm³/mol. The molecule has 0 radical (unpaired) electrons. The van der Waals surface area contributed by atoms with Crippen molar-refractivity contribution < 1.29 is 13.9 Å². The van der Waals surface area contributed by atoms with Gasteiger partial charge in [0.15, 0.2) is 5.15 Å². The Morgan fingerprint density at radius 3 is 2.69 bits per heavy atom. The van der Waals surface area contributed by atoms with E-state index in [1.165, 1.54) is 0 Å². The number of hydrogen-bond acceptors (Lipinski definition) is 3. The Morgan fingerprint density at radius 1 is 1.62 bits per heavy atom. The van der Waals surface area contributed by atoms with E-state index in [0.29, 0.717) is 0 Å². The molecule has 3 nitrogen and oxygen atoms in total. The van der Waals surface area contributed by atoms with Crippen LogP contribution in [0, 0.1) is 0 Å². The zero-order valence-corrected chi connectivity index (χ0v) is 7.22. The molecule has 1 aromatic heterocycles.